The maximum absolute atomic E-state index is 12.1. The second kappa shape index (κ2) is 6.40. The highest BCUT2D eigenvalue weighted by Crippen LogP contribution is 2.32. The molecule has 8 nitrogen and oxygen atoms in total. The van der Waals surface area contributed by atoms with E-state index in [0.717, 1.165) is 0 Å². The highest BCUT2D eigenvalue weighted by atomic mass is 127. The number of hydrogen-bond acceptors (Lipinski definition) is 7. The van der Waals surface area contributed by atoms with Crippen LogP contribution in [0.25, 0.3) is 0 Å². The molecule has 0 radical (unpaired) electrons. The van der Waals surface area contributed by atoms with Gasteiger partial charge in [0.05, 0.1) is 16.3 Å². The maximum atomic E-state index is 12.1. The lowest BCUT2D eigenvalue weighted by atomic mass is 10.1. The molecule has 2 rings (SSSR count). The molecule has 1 aliphatic heterocycles. The number of aliphatic hydroxyl groups is 2. The van der Waals surface area contributed by atoms with Crippen molar-refractivity contribution in [2.75, 3.05) is 18.9 Å². The normalized spacial score (nSPS) is 28.7. The number of nitrogens with two attached hydrogens (primary N) is 1. The van der Waals surface area contributed by atoms with Crippen LogP contribution in [0, 0.1) is 3.57 Å². The molecule has 0 saturated carbocycles. The highest BCUT2D eigenvalue weighted by Gasteiger charge is 2.47. The molecule has 21 heavy (non-hydrogen) atoms. The third-order valence-corrected chi connectivity index (χ3v) is 4.09. The van der Waals surface area contributed by atoms with E-state index in [9.17, 15) is 15.0 Å². The van der Waals surface area contributed by atoms with Crippen LogP contribution >= 0.6 is 22.6 Å². The van der Waals surface area contributed by atoms with Crippen LogP contribution in [0.3, 0.4) is 0 Å². The lowest BCUT2D eigenvalue weighted by molar-refractivity contribution is -0.138. The number of rotatable bonds is 5. The van der Waals surface area contributed by atoms with E-state index < -0.39 is 23.7 Å². The zero-order valence-corrected chi connectivity index (χ0v) is 13.4. The van der Waals surface area contributed by atoms with E-state index in [1.807, 2.05) is 22.6 Å². The van der Waals surface area contributed by atoms with Crippen LogP contribution < -0.4 is 16.7 Å². The number of aliphatic hydroxyl groups excluding tert-OH is 2. The number of nitrogens with zero attached hydrogens (tertiary/aromatic N) is 2. The van der Waals surface area contributed by atoms with Gasteiger partial charge in [0.2, 0.25) is 5.85 Å². The predicted molar refractivity (Wildman–Crippen MR) is 84.4 cm³/mol. The number of nitrogen functional groups attached to an aromatic ring is 1. The van der Waals surface area contributed by atoms with Crippen LogP contribution in [0.5, 0.6) is 0 Å². The number of halogens is 1. The molecule has 0 aromatic carbocycles. The van der Waals surface area contributed by atoms with E-state index in [1.54, 1.807) is 6.08 Å². The first-order chi connectivity index (χ1) is 9.93. The molecular weight excluding hydrogens is 391 g/mol. The minimum atomic E-state index is -1.29. The Hall–Kier alpha value is -1.01. The van der Waals surface area contributed by atoms with Crippen molar-refractivity contribution in [3.8, 4) is 0 Å². The predicted octanol–water partition coefficient (Wildman–Crippen LogP) is -1.04. The average Bonchev–Trinajstić information content (AvgIpc) is 2.78. The minimum Gasteiger partial charge on any atom is -0.394 e. The molecule has 1 aromatic rings. The van der Waals surface area contributed by atoms with E-state index in [1.165, 1.54) is 10.8 Å². The van der Waals surface area contributed by atoms with Crippen LogP contribution in [-0.4, -0.2) is 45.1 Å². The smallest absolute Gasteiger partial charge is 0.352 e. The van der Waals surface area contributed by atoms with Crippen molar-refractivity contribution in [3.05, 3.63) is 32.9 Å². The van der Waals surface area contributed by atoms with Crippen molar-refractivity contribution in [3.63, 3.8) is 0 Å². The summed E-state index contributed by atoms with van der Waals surface area (Å²) in [6, 6.07) is 0. The molecule has 9 heteroatoms. The summed E-state index contributed by atoms with van der Waals surface area (Å²) in [6.07, 6.45) is 1.50. The van der Waals surface area contributed by atoms with E-state index in [0.29, 0.717) is 10.1 Å². The summed E-state index contributed by atoms with van der Waals surface area (Å²) in [5, 5.41) is 22.2. The molecule has 0 aliphatic carbocycles. The van der Waals surface area contributed by atoms with Gasteiger partial charge in [0.25, 0.3) is 0 Å². The third-order valence-electron chi connectivity index (χ3n) is 3.26. The van der Waals surface area contributed by atoms with Crippen LogP contribution in [0.15, 0.2) is 23.6 Å². The van der Waals surface area contributed by atoms with Crippen LogP contribution in [-0.2, 0) is 10.6 Å². The summed E-state index contributed by atoms with van der Waals surface area (Å²) in [4.78, 5) is 15.9. The zero-order valence-electron chi connectivity index (χ0n) is 11.2. The summed E-state index contributed by atoms with van der Waals surface area (Å²) in [6.45, 7) is 3.60. The van der Waals surface area contributed by atoms with Gasteiger partial charge in [-0.2, -0.15) is 4.98 Å². The van der Waals surface area contributed by atoms with Gasteiger partial charge in [-0.3, -0.25) is 9.88 Å². The van der Waals surface area contributed by atoms with Gasteiger partial charge >= 0.3 is 5.69 Å². The quantitative estimate of drug-likeness (QED) is 0.363. The summed E-state index contributed by atoms with van der Waals surface area (Å²) in [5.41, 5.74) is 5.01. The lowest BCUT2D eigenvalue weighted by Crippen LogP contribution is -2.53. The van der Waals surface area contributed by atoms with Gasteiger partial charge in [0, 0.05) is 19.2 Å². The molecule has 0 bridgehead atoms. The monoisotopic (exact) mass is 408 g/mol. The molecule has 0 spiro atoms. The molecule has 1 saturated heterocycles. The topological polar surface area (TPSA) is 123 Å². The van der Waals surface area contributed by atoms with Crippen molar-refractivity contribution in [2.24, 2.45) is 0 Å². The number of aromatic nitrogens is 2. The number of anilines is 1. The zero-order chi connectivity index (χ0) is 15.6. The van der Waals surface area contributed by atoms with Crippen LogP contribution in [0.1, 0.15) is 6.42 Å². The fourth-order valence-electron chi connectivity index (χ4n) is 2.24. The SMILES string of the molecule is C=CCN[C@]1(n2cc(I)c(N)nc2=O)C[C@H](O)[C@@H](CO)O1. The van der Waals surface area contributed by atoms with Crippen molar-refractivity contribution in [1.82, 2.24) is 14.9 Å². The Morgan fingerprint density at radius 3 is 3.05 bits per heavy atom. The first-order valence-electron chi connectivity index (χ1n) is 6.31. The fraction of sp³-hybridized carbons (Fsp3) is 0.500. The molecule has 1 fully saturated rings. The second-order valence-corrected chi connectivity index (χ2v) is 5.85. The molecule has 0 amide bonds. The number of ether oxygens (including phenoxy) is 1. The molecule has 0 unspecified atom stereocenters. The van der Waals surface area contributed by atoms with Crippen LogP contribution in [0.4, 0.5) is 5.82 Å². The Morgan fingerprint density at radius 2 is 2.48 bits per heavy atom. The second-order valence-electron chi connectivity index (χ2n) is 4.69. The number of nitrogens with one attached hydrogen (secondary N) is 1. The minimum absolute atomic E-state index is 0.0909. The first-order valence-corrected chi connectivity index (χ1v) is 7.39. The molecule has 1 aliphatic rings. The summed E-state index contributed by atoms with van der Waals surface area (Å²) >= 11 is 1.95. The van der Waals surface area contributed by atoms with Gasteiger partial charge < -0.3 is 20.7 Å². The van der Waals surface area contributed by atoms with Crippen molar-refractivity contribution in [2.45, 2.75) is 24.5 Å². The summed E-state index contributed by atoms with van der Waals surface area (Å²) in [7, 11) is 0. The van der Waals surface area contributed by atoms with Crippen molar-refractivity contribution >= 4 is 28.4 Å². The largest absolute Gasteiger partial charge is 0.394 e. The summed E-state index contributed by atoms with van der Waals surface area (Å²) in [5.74, 6) is -1.16. The Kier molecular flexibility index (Phi) is 4.99. The van der Waals surface area contributed by atoms with E-state index in [-0.39, 0.29) is 18.8 Å². The van der Waals surface area contributed by atoms with Crippen LogP contribution in [0.2, 0.25) is 0 Å². The van der Waals surface area contributed by atoms with Gasteiger partial charge in [-0.25, -0.2) is 4.79 Å². The van der Waals surface area contributed by atoms with E-state index >= 15 is 0 Å². The van der Waals surface area contributed by atoms with E-state index in [4.69, 9.17) is 10.5 Å². The Labute approximate surface area is 134 Å². The maximum Gasteiger partial charge on any atom is 0.352 e. The van der Waals surface area contributed by atoms with Gasteiger partial charge in [-0.05, 0) is 22.6 Å². The van der Waals surface area contributed by atoms with Gasteiger partial charge in [0.15, 0.2) is 0 Å². The third kappa shape index (κ3) is 3.11. The Morgan fingerprint density at radius 1 is 1.76 bits per heavy atom. The Bertz CT molecular complexity index is 593. The summed E-state index contributed by atoms with van der Waals surface area (Å²) < 4.78 is 7.52. The van der Waals surface area contributed by atoms with Gasteiger partial charge in [-0.1, -0.05) is 6.08 Å². The molecule has 2 heterocycles. The van der Waals surface area contributed by atoms with E-state index in [2.05, 4.69) is 16.9 Å². The molecule has 5 N–H and O–H groups in total. The highest BCUT2D eigenvalue weighted by molar-refractivity contribution is 14.1. The molecule has 3 atom stereocenters. The lowest BCUT2D eigenvalue weighted by Gasteiger charge is -2.31. The average molecular weight is 408 g/mol. The first kappa shape index (κ1) is 16.4. The van der Waals surface area contributed by atoms with Crippen molar-refractivity contribution < 1.29 is 14.9 Å². The number of hydrogen-bond donors (Lipinski definition) is 4. The molecule has 116 valence electrons. The fourth-order valence-corrected chi connectivity index (χ4v) is 2.64. The Balaban J connectivity index is 2.49. The standard InChI is InChI=1S/C12H17IN4O4/c1-2-3-15-12(4-8(19)9(6-18)21-12)17-5-7(13)10(14)16-11(17)20/h2,5,8-9,15,18-19H,1,3-4,6H2,(H2,14,16,20)/t8-,9+,12-/m0/s1. The molecule has 1 aromatic heterocycles. The van der Waals surface area contributed by atoms with Gasteiger partial charge in [-0.15, -0.1) is 6.58 Å². The van der Waals surface area contributed by atoms with Gasteiger partial charge in [0.1, 0.15) is 11.9 Å². The van der Waals surface area contributed by atoms with Crippen molar-refractivity contribution in [1.29, 1.82) is 0 Å². The molecular formula is C12H17IN4O4.